The van der Waals surface area contributed by atoms with Crippen LogP contribution in [0.2, 0.25) is 0 Å². The number of hydrogen-bond acceptors (Lipinski definition) is 3. The molecule has 0 aliphatic carbocycles. The van der Waals surface area contributed by atoms with Crippen molar-refractivity contribution in [1.29, 1.82) is 0 Å². The fourth-order valence-corrected chi connectivity index (χ4v) is 1.89. The normalized spacial score (nSPS) is 10.3. The molecule has 0 N–H and O–H groups in total. The Hall–Kier alpha value is -0.743. The van der Waals surface area contributed by atoms with Crippen molar-refractivity contribution in [1.82, 2.24) is 0 Å². The van der Waals surface area contributed by atoms with Crippen molar-refractivity contribution in [2.24, 2.45) is 0 Å². The third kappa shape index (κ3) is 7.61. The van der Waals surface area contributed by atoms with Crippen LogP contribution in [0.5, 0.6) is 0 Å². The Morgan fingerprint density at radius 1 is 1.08 bits per heavy atom. The van der Waals surface area contributed by atoms with Gasteiger partial charge in [-0.3, -0.25) is 0 Å². The zero-order valence-corrected chi connectivity index (χ0v) is 9.95. The molecule has 0 bridgehead atoms. The maximum absolute atomic E-state index is 5.44. The molecule has 0 atom stereocenters. The third-order valence-corrected chi connectivity index (χ3v) is 2.93. The second kappa shape index (κ2) is 5.83. The molecule has 0 aromatic heterocycles. The molecule has 4 heteroatoms. The lowest BCUT2D eigenvalue weighted by Crippen LogP contribution is -2.28. The first-order valence-electron chi connectivity index (χ1n) is 4.21. The number of hydrogen-bond donors (Lipinski definition) is 0. The van der Waals surface area contributed by atoms with E-state index in [9.17, 15) is 0 Å². The van der Waals surface area contributed by atoms with Gasteiger partial charge < -0.3 is 13.3 Å². The SMILES string of the molecule is C=C(C)O[SiH](OC(=C)C)OC(C)C. The molecule has 0 heterocycles. The van der Waals surface area contributed by atoms with Crippen LogP contribution in [0.25, 0.3) is 0 Å². The molecular formula is C9H18O3Si. The molecule has 0 spiro atoms. The van der Waals surface area contributed by atoms with E-state index >= 15 is 0 Å². The molecule has 0 fully saturated rings. The molecule has 0 unspecified atom stereocenters. The number of rotatable bonds is 6. The van der Waals surface area contributed by atoms with Gasteiger partial charge in [0.05, 0.1) is 11.5 Å². The predicted molar refractivity (Wildman–Crippen MR) is 55.2 cm³/mol. The monoisotopic (exact) mass is 202 g/mol. The minimum Gasteiger partial charge on any atom is -0.499 e. The minimum absolute atomic E-state index is 0.0929. The van der Waals surface area contributed by atoms with E-state index < -0.39 is 9.53 Å². The van der Waals surface area contributed by atoms with Gasteiger partial charge >= 0.3 is 9.53 Å². The standard InChI is InChI=1S/C9H18O3Si/c1-7(2)10-13(11-8(3)4)12-9(5)6/h9,13H,1,3H2,2,4-6H3. The van der Waals surface area contributed by atoms with Crippen LogP contribution in [0.1, 0.15) is 27.7 Å². The van der Waals surface area contributed by atoms with E-state index in [4.69, 9.17) is 13.3 Å². The van der Waals surface area contributed by atoms with E-state index in [2.05, 4.69) is 13.2 Å². The molecule has 76 valence electrons. The van der Waals surface area contributed by atoms with Crippen LogP contribution in [-0.2, 0) is 13.3 Å². The highest BCUT2D eigenvalue weighted by molar-refractivity contribution is 6.37. The maximum atomic E-state index is 5.44. The van der Waals surface area contributed by atoms with Crippen molar-refractivity contribution in [3.8, 4) is 0 Å². The summed E-state index contributed by atoms with van der Waals surface area (Å²) < 4.78 is 16.1. The summed E-state index contributed by atoms with van der Waals surface area (Å²) >= 11 is 0. The van der Waals surface area contributed by atoms with Gasteiger partial charge in [0.25, 0.3) is 0 Å². The van der Waals surface area contributed by atoms with Crippen molar-refractivity contribution in [2.75, 3.05) is 0 Å². The molecule has 3 nitrogen and oxygen atoms in total. The lowest BCUT2D eigenvalue weighted by atomic mass is 10.5. The van der Waals surface area contributed by atoms with Gasteiger partial charge in [0, 0.05) is 6.10 Å². The fourth-order valence-electron chi connectivity index (χ4n) is 0.630. The lowest BCUT2D eigenvalue weighted by Gasteiger charge is -2.19. The van der Waals surface area contributed by atoms with Crippen LogP contribution in [-0.4, -0.2) is 15.6 Å². The summed E-state index contributed by atoms with van der Waals surface area (Å²) in [6.07, 6.45) is 0.0929. The Bertz CT molecular complexity index is 173. The Morgan fingerprint density at radius 3 is 1.69 bits per heavy atom. The topological polar surface area (TPSA) is 27.7 Å². The Labute approximate surface area is 82.0 Å². The molecule has 0 saturated carbocycles. The van der Waals surface area contributed by atoms with E-state index in [-0.39, 0.29) is 6.10 Å². The smallest absolute Gasteiger partial charge is 0.499 e. The third-order valence-electron chi connectivity index (χ3n) is 0.978. The molecule has 0 saturated heterocycles. The Balaban J connectivity index is 4.02. The molecule has 13 heavy (non-hydrogen) atoms. The van der Waals surface area contributed by atoms with Gasteiger partial charge in [-0.2, -0.15) is 0 Å². The van der Waals surface area contributed by atoms with Gasteiger partial charge in [-0.25, -0.2) is 0 Å². The first-order chi connectivity index (χ1) is 5.91. The van der Waals surface area contributed by atoms with Crippen molar-refractivity contribution in [3.05, 3.63) is 24.7 Å². The van der Waals surface area contributed by atoms with Crippen LogP contribution in [0.15, 0.2) is 24.7 Å². The second-order valence-corrected chi connectivity index (χ2v) is 4.43. The van der Waals surface area contributed by atoms with Crippen LogP contribution < -0.4 is 0 Å². The summed E-state index contributed by atoms with van der Waals surface area (Å²) in [5.74, 6) is 1.22. The zero-order chi connectivity index (χ0) is 10.4. The van der Waals surface area contributed by atoms with Gasteiger partial charge in [0.15, 0.2) is 0 Å². The van der Waals surface area contributed by atoms with Crippen molar-refractivity contribution in [2.45, 2.75) is 33.8 Å². The van der Waals surface area contributed by atoms with Gasteiger partial charge in [0.1, 0.15) is 0 Å². The van der Waals surface area contributed by atoms with Crippen molar-refractivity contribution < 1.29 is 13.3 Å². The molecule has 0 rings (SSSR count). The summed E-state index contributed by atoms with van der Waals surface area (Å²) in [6, 6.07) is 0. The van der Waals surface area contributed by atoms with Gasteiger partial charge in [-0.05, 0) is 27.7 Å². The first kappa shape index (κ1) is 12.3. The van der Waals surface area contributed by atoms with Crippen LogP contribution in [0.4, 0.5) is 0 Å². The highest BCUT2D eigenvalue weighted by atomic mass is 28.3. The summed E-state index contributed by atoms with van der Waals surface area (Å²) in [6.45, 7) is 14.7. The summed E-state index contributed by atoms with van der Waals surface area (Å²) in [5, 5.41) is 0. The van der Waals surface area contributed by atoms with E-state index in [1.54, 1.807) is 13.8 Å². The lowest BCUT2D eigenvalue weighted by molar-refractivity contribution is 0.113. The van der Waals surface area contributed by atoms with Crippen molar-refractivity contribution >= 4 is 9.53 Å². The minimum atomic E-state index is -2.11. The maximum Gasteiger partial charge on any atom is 0.615 e. The largest absolute Gasteiger partial charge is 0.615 e. The Morgan fingerprint density at radius 2 is 1.46 bits per heavy atom. The van der Waals surface area contributed by atoms with Crippen LogP contribution >= 0.6 is 0 Å². The molecular weight excluding hydrogens is 184 g/mol. The van der Waals surface area contributed by atoms with Crippen LogP contribution in [0.3, 0.4) is 0 Å². The average Bonchev–Trinajstić information content (AvgIpc) is 1.80. The molecule has 0 aromatic carbocycles. The average molecular weight is 202 g/mol. The summed E-state index contributed by atoms with van der Waals surface area (Å²) in [4.78, 5) is 0. The van der Waals surface area contributed by atoms with E-state index in [0.717, 1.165) is 0 Å². The molecule has 0 amide bonds. The quantitative estimate of drug-likeness (QED) is 0.488. The van der Waals surface area contributed by atoms with E-state index in [0.29, 0.717) is 11.5 Å². The summed E-state index contributed by atoms with van der Waals surface area (Å²) in [7, 11) is -2.11. The van der Waals surface area contributed by atoms with Crippen molar-refractivity contribution in [3.63, 3.8) is 0 Å². The molecule has 0 aliphatic rings. The van der Waals surface area contributed by atoms with Crippen LogP contribution in [0, 0.1) is 0 Å². The molecule has 0 radical (unpaired) electrons. The Kier molecular flexibility index (Phi) is 5.49. The van der Waals surface area contributed by atoms with E-state index in [1.807, 2.05) is 13.8 Å². The second-order valence-electron chi connectivity index (χ2n) is 3.11. The summed E-state index contributed by atoms with van der Waals surface area (Å²) in [5.41, 5.74) is 0. The fraction of sp³-hybridized carbons (Fsp3) is 0.556. The van der Waals surface area contributed by atoms with Gasteiger partial charge in [0.2, 0.25) is 0 Å². The van der Waals surface area contributed by atoms with Gasteiger partial charge in [-0.1, -0.05) is 13.2 Å². The van der Waals surface area contributed by atoms with Gasteiger partial charge in [-0.15, -0.1) is 0 Å². The molecule has 0 aliphatic heterocycles. The highest BCUT2D eigenvalue weighted by Crippen LogP contribution is 2.06. The highest BCUT2D eigenvalue weighted by Gasteiger charge is 2.20. The number of allylic oxidation sites excluding steroid dienone is 2. The zero-order valence-electron chi connectivity index (χ0n) is 8.79. The predicted octanol–water partition coefficient (Wildman–Crippen LogP) is 2.23. The van der Waals surface area contributed by atoms with E-state index in [1.165, 1.54) is 0 Å². The molecule has 0 aromatic rings. The first-order valence-corrected chi connectivity index (χ1v) is 5.63.